The van der Waals surface area contributed by atoms with Crippen LogP contribution in [0, 0.1) is 22.7 Å². The largest absolute Gasteiger partial charge is 0.303 e. The van der Waals surface area contributed by atoms with Gasteiger partial charge in [-0.15, -0.1) is 0 Å². The van der Waals surface area contributed by atoms with E-state index in [-0.39, 0.29) is 0 Å². The van der Waals surface area contributed by atoms with Crippen LogP contribution in [-0.4, -0.2) is 11.4 Å². The van der Waals surface area contributed by atoms with Crippen LogP contribution in [-0.2, 0) is 0 Å². The van der Waals surface area contributed by atoms with E-state index in [0.717, 1.165) is 24.7 Å². The van der Waals surface area contributed by atoms with Gasteiger partial charge in [0, 0.05) is 0 Å². The minimum Gasteiger partial charge on any atom is -0.303 e. The topological polar surface area (TPSA) is 47.7 Å². The van der Waals surface area contributed by atoms with E-state index >= 15 is 0 Å². The molecule has 1 unspecified atom stereocenters. The highest BCUT2D eigenvalue weighted by Crippen LogP contribution is 2.36. The predicted molar refractivity (Wildman–Crippen MR) is 59.4 cm³/mol. The first-order valence-corrected chi connectivity index (χ1v) is 5.92. The van der Waals surface area contributed by atoms with Gasteiger partial charge >= 0.3 is 0 Å². The molecule has 0 radical (unpaired) electrons. The fraction of sp³-hybridized carbons (Fsp3) is 0.833. The Morgan fingerprint density at radius 2 is 1.50 bits per heavy atom. The molecule has 2 heteroatoms. The first kappa shape index (κ1) is 9.88. The summed E-state index contributed by atoms with van der Waals surface area (Å²) < 4.78 is 0. The molecule has 2 aliphatic rings. The molecule has 0 spiro atoms. The van der Waals surface area contributed by atoms with Crippen LogP contribution < -0.4 is 0 Å². The molecule has 0 aromatic heterocycles. The average Bonchev–Trinajstić information content (AvgIpc) is 2.23. The summed E-state index contributed by atoms with van der Waals surface area (Å²) in [4.78, 5) is 0. The third-order valence-corrected chi connectivity index (χ3v) is 3.91. The zero-order valence-electron chi connectivity index (χ0n) is 8.81. The first-order chi connectivity index (χ1) is 6.77. The summed E-state index contributed by atoms with van der Waals surface area (Å²) in [7, 11) is 0. The van der Waals surface area contributed by atoms with Crippen LogP contribution in [0.15, 0.2) is 0 Å². The smallest absolute Gasteiger partial charge is 0.0524 e. The Bertz CT molecular complexity index is 239. The summed E-state index contributed by atoms with van der Waals surface area (Å²) in [6.45, 7) is 0. The molecule has 0 saturated heterocycles. The molecular weight excluding hydrogens is 172 g/mol. The zero-order valence-corrected chi connectivity index (χ0v) is 8.81. The van der Waals surface area contributed by atoms with Crippen LogP contribution in [0.4, 0.5) is 0 Å². The first-order valence-electron chi connectivity index (χ1n) is 5.92. The lowest BCUT2D eigenvalue weighted by Gasteiger charge is -2.33. The van der Waals surface area contributed by atoms with E-state index < -0.39 is 0 Å². The molecule has 14 heavy (non-hydrogen) atoms. The van der Waals surface area contributed by atoms with E-state index in [2.05, 4.69) is 0 Å². The van der Waals surface area contributed by atoms with Gasteiger partial charge in [0.2, 0.25) is 0 Å². The van der Waals surface area contributed by atoms with Gasteiger partial charge in [-0.25, -0.2) is 0 Å². The zero-order chi connectivity index (χ0) is 9.97. The second-order valence-corrected chi connectivity index (χ2v) is 4.86. The Kier molecular flexibility index (Phi) is 2.99. The quantitative estimate of drug-likeness (QED) is 0.639. The summed E-state index contributed by atoms with van der Waals surface area (Å²) in [5.41, 5.74) is 1.21. The maximum atomic E-state index is 7.72. The Morgan fingerprint density at radius 1 is 0.786 bits per heavy atom. The molecule has 2 nitrogen and oxygen atoms in total. The van der Waals surface area contributed by atoms with E-state index in [0.29, 0.717) is 11.4 Å². The summed E-state index contributed by atoms with van der Waals surface area (Å²) in [5, 5.41) is 15.3. The molecule has 0 aromatic carbocycles. The van der Waals surface area contributed by atoms with E-state index in [4.69, 9.17) is 10.8 Å². The van der Waals surface area contributed by atoms with Gasteiger partial charge in [-0.05, 0) is 31.1 Å². The monoisotopic (exact) mass is 192 g/mol. The molecule has 0 aliphatic heterocycles. The summed E-state index contributed by atoms with van der Waals surface area (Å²) >= 11 is 0. The van der Waals surface area contributed by atoms with E-state index in [1.165, 1.54) is 38.5 Å². The van der Waals surface area contributed by atoms with Gasteiger partial charge in [0.15, 0.2) is 0 Å². The lowest BCUT2D eigenvalue weighted by Crippen LogP contribution is -2.29. The second kappa shape index (κ2) is 4.24. The lowest BCUT2D eigenvalue weighted by atomic mass is 9.72. The van der Waals surface area contributed by atoms with Crippen LogP contribution >= 0.6 is 0 Å². The molecule has 0 heterocycles. The third-order valence-electron chi connectivity index (χ3n) is 3.91. The number of nitrogens with one attached hydrogen (secondary N) is 2. The van der Waals surface area contributed by atoms with Gasteiger partial charge in [0.25, 0.3) is 0 Å². The minimum absolute atomic E-state index is 0.594. The highest BCUT2D eigenvalue weighted by molar-refractivity contribution is 6.40. The van der Waals surface area contributed by atoms with Crippen molar-refractivity contribution in [3.8, 4) is 0 Å². The summed E-state index contributed by atoms with van der Waals surface area (Å²) in [5.74, 6) is 1.61. The molecule has 2 N–H and O–H groups in total. The van der Waals surface area contributed by atoms with Crippen molar-refractivity contribution in [2.24, 2.45) is 11.8 Å². The molecule has 0 aromatic rings. The van der Waals surface area contributed by atoms with Gasteiger partial charge in [-0.3, -0.25) is 0 Å². The fourth-order valence-electron chi connectivity index (χ4n) is 2.98. The van der Waals surface area contributed by atoms with Crippen LogP contribution in [0.25, 0.3) is 0 Å². The Balaban J connectivity index is 1.91. The molecule has 78 valence electrons. The minimum atomic E-state index is 0.594. The fourth-order valence-corrected chi connectivity index (χ4v) is 2.98. The van der Waals surface area contributed by atoms with Crippen LogP contribution in [0.3, 0.4) is 0 Å². The Hall–Kier alpha value is -0.660. The van der Waals surface area contributed by atoms with E-state index in [1.807, 2.05) is 0 Å². The number of hydrogen-bond acceptors (Lipinski definition) is 2. The van der Waals surface area contributed by atoms with Gasteiger partial charge in [-0.2, -0.15) is 0 Å². The van der Waals surface area contributed by atoms with Crippen molar-refractivity contribution in [3.05, 3.63) is 0 Å². The molecule has 0 amide bonds. The van der Waals surface area contributed by atoms with Crippen molar-refractivity contribution >= 4 is 11.4 Å². The van der Waals surface area contributed by atoms with Crippen molar-refractivity contribution < 1.29 is 0 Å². The molecule has 2 rings (SSSR count). The van der Waals surface area contributed by atoms with Gasteiger partial charge < -0.3 is 10.8 Å². The highest BCUT2D eigenvalue weighted by Gasteiger charge is 2.28. The average molecular weight is 192 g/mol. The van der Waals surface area contributed by atoms with Crippen molar-refractivity contribution in [3.63, 3.8) is 0 Å². The standard InChI is InChI=1S/C12H20N2/c13-11-7-6-10(8-12(11)14)9-4-2-1-3-5-9/h9-10,13-14H,1-8H2. The summed E-state index contributed by atoms with van der Waals surface area (Å²) in [6.07, 6.45) is 9.89. The molecule has 1 atom stereocenters. The van der Waals surface area contributed by atoms with Gasteiger partial charge in [0.1, 0.15) is 0 Å². The van der Waals surface area contributed by atoms with Gasteiger partial charge in [0.05, 0.1) is 11.4 Å². The normalized spacial score (nSPS) is 30.7. The third kappa shape index (κ3) is 2.05. The van der Waals surface area contributed by atoms with Crippen LogP contribution in [0.5, 0.6) is 0 Å². The van der Waals surface area contributed by atoms with Crippen molar-refractivity contribution in [1.82, 2.24) is 0 Å². The van der Waals surface area contributed by atoms with Crippen LogP contribution in [0.1, 0.15) is 51.4 Å². The lowest BCUT2D eigenvalue weighted by molar-refractivity contribution is 0.241. The number of rotatable bonds is 1. The van der Waals surface area contributed by atoms with Crippen molar-refractivity contribution in [2.45, 2.75) is 51.4 Å². The Labute approximate surface area is 86.1 Å². The maximum Gasteiger partial charge on any atom is 0.0524 e. The molecular formula is C12H20N2. The van der Waals surface area contributed by atoms with Crippen molar-refractivity contribution in [2.75, 3.05) is 0 Å². The second-order valence-electron chi connectivity index (χ2n) is 4.86. The number of hydrogen-bond donors (Lipinski definition) is 2. The van der Waals surface area contributed by atoms with Gasteiger partial charge in [-0.1, -0.05) is 32.1 Å². The van der Waals surface area contributed by atoms with Crippen molar-refractivity contribution in [1.29, 1.82) is 10.8 Å². The predicted octanol–water partition coefficient (Wildman–Crippen LogP) is 3.41. The SMILES string of the molecule is N=C1CCC(C2CCCCC2)CC1=N. The molecule has 2 fully saturated rings. The van der Waals surface area contributed by atoms with E-state index in [9.17, 15) is 0 Å². The summed E-state index contributed by atoms with van der Waals surface area (Å²) in [6, 6.07) is 0. The molecule has 2 saturated carbocycles. The Morgan fingerprint density at radius 3 is 2.14 bits per heavy atom. The highest BCUT2D eigenvalue weighted by atomic mass is 14.5. The van der Waals surface area contributed by atoms with Crippen LogP contribution in [0.2, 0.25) is 0 Å². The van der Waals surface area contributed by atoms with E-state index in [1.54, 1.807) is 0 Å². The maximum absolute atomic E-state index is 7.72. The molecule has 0 bridgehead atoms. The molecule has 2 aliphatic carbocycles.